The summed E-state index contributed by atoms with van der Waals surface area (Å²) in [5.41, 5.74) is 3.51. The van der Waals surface area contributed by atoms with E-state index in [1.165, 1.54) is 5.56 Å². The Morgan fingerprint density at radius 3 is 2.76 bits per heavy atom. The van der Waals surface area contributed by atoms with Crippen molar-refractivity contribution in [2.45, 2.75) is 32.4 Å². The molecule has 2 aliphatic heterocycles. The maximum Gasteiger partial charge on any atom is 0.241 e. The van der Waals surface area contributed by atoms with Crippen LogP contribution < -0.4 is 9.64 Å². The minimum Gasteiger partial charge on any atom is -0.492 e. The van der Waals surface area contributed by atoms with Crippen molar-refractivity contribution < 1.29 is 9.53 Å². The second kappa shape index (κ2) is 6.89. The monoisotopic (exact) mass is 336 g/mol. The fourth-order valence-corrected chi connectivity index (χ4v) is 3.85. The molecule has 0 aromatic heterocycles. The van der Waals surface area contributed by atoms with Crippen LogP contribution in [0.5, 0.6) is 5.75 Å². The van der Waals surface area contributed by atoms with Crippen LogP contribution in [-0.2, 0) is 17.8 Å². The van der Waals surface area contributed by atoms with Gasteiger partial charge < -0.3 is 9.64 Å². The molecule has 0 radical (unpaired) electrons. The van der Waals surface area contributed by atoms with Crippen molar-refractivity contribution in [3.05, 3.63) is 59.7 Å². The molecular formula is C21H24N2O2. The number of fused-ring (bicyclic) bond motifs is 2. The van der Waals surface area contributed by atoms with Gasteiger partial charge >= 0.3 is 0 Å². The minimum absolute atomic E-state index is 0.180. The number of carbonyl (C=O) groups is 1. The molecule has 0 bridgehead atoms. The fourth-order valence-electron chi connectivity index (χ4n) is 3.85. The van der Waals surface area contributed by atoms with Gasteiger partial charge in [0.05, 0.1) is 6.54 Å². The van der Waals surface area contributed by atoms with Gasteiger partial charge in [0.1, 0.15) is 12.4 Å². The Kier molecular flexibility index (Phi) is 4.45. The molecule has 4 rings (SSSR count). The molecule has 2 aromatic carbocycles. The molecule has 0 saturated carbocycles. The average molecular weight is 336 g/mol. The van der Waals surface area contributed by atoms with Crippen molar-refractivity contribution >= 4 is 11.6 Å². The minimum atomic E-state index is 0.180. The molecule has 2 heterocycles. The Bertz CT molecular complexity index is 774. The SMILES string of the molecule is CC1CCc2ccccc2N1C(=O)CN1CCOc2ccccc2C1. The standard InChI is InChI=1S/C21H24N2O2/c1-16-10-11-17-6-2-4-8-19(17)23(16)21(24)15-22-12-13-25-20-9-5-3-7-18(20)14-22/h2-9,16H,10-15H2,1H3. The Labute approximate surface area is 149 Å². The molecule has 130 valence electrons. The summed E-state index contributed by atoms with van der Waals surface area (Å²) in [6.45, 7) is 4.72. The second-order valence-electron chi connectivity index (χ2n) is 6.95. The Morgan fingerprint density at radius 2 is 1.88 bits per heavy atom. The van der Waals surface area contributed by atoms with E-state index in [4.69, 9.17) is 4.74 Å². The number of rotatable bonds is 2. The van der Waals surface area contributed by atoms with Crippen molar-refractivity contribution in [3.8, 4) is 5.75 Å². The summed E-state index contributed by atoms with van der Waals surface area (Å²) < 4.78 is 5.82. The van der Waals surface area contributed by atoms with Crippen LogP contribution in [0.1, 0.15) is 24.5 Å². The van der Waals surface area contributed by atoms with Crippen molar-refractivity contribution in [1.82, 2.24) is 4.90 Å². The molecule has 2 aromatic rings. The molecule has 0 fully saturated rings. The summed E-state index contributed by atoms with van der Waals surface area (Å²) in [7, 11) is 0. The Hall–Kier alpha value is -2.33. The number of nitrogens with zero attached hydrogens (tertiary/aromatic N) is 2. The number of benzene rings is 2. The fraction of sp³-hybridized carbons (Fsp3) is 0.381. The highest BCUT2D eigenvalue weighted by molar-refractivity contribution is 5.96. The molecule has 1 atom stereocenters. The lowest BCUT2D eigenvalue weighted by Gasteiger charge is -2.36. The second-order valence-corrected chi connectivity index (χ2v) is 6.95. The first-order chi connectivity index (χ1) is 12.2. The van der Waals surface area contributed by atoms with Crippen molar-refractivity contribution in [2.75, 3.05) is 24.6 Å². The number of hydrogen-bond donors (Lipinski definition) is 0. The molecule has 1 amide bonds. The highest BCUT2D eigenvalue weighted by Gasteiger charge is 2.29. The Morgan fingerprint density at radius 1 is 1.12 bits per heavy atom. The number of hydrogen-bond acceptors (Lipinski definition) is 3. The smallest absolute Gasteiger partial charge is 0.241 e. The summed E-state index contributed by atoms with van der Waals surface area (Å²) in [6.07, 6.45) is 2.07. The molecule has 25 heavy (non-hydrogen) atoms. The lowest BCUT2D eigenvalue weighted by Crippen LogP contribution is -2.47. The largest absolute Gasteiger partial charge is 0.492 e. The summed E-state index contributed by atoms with van der Waals surface area (Å²) in [5.74, 6) is 1.12. The topological polar surface area (TPSA) is 32.8 Å². The zero-order chi connectivity index (χ0) is 17.2. The lowest BCUT2D eigenvalue weighted by molar-refractivity contribution is -0.120. The van der Waals surface area contributed by atoms with E-state index < -0.39 is 0 Å². The number of anilines is 1. The highest BCUT2D eigenvalue weighted by Crippen LogP contribution is 2.31. The normalized spacial score (nSPS) is 20.2. The summed E-state index contributed by atoms with van der Waals surface area (Å²) in [6, 6.07) is 16.6. The molecule has 0 aliphatic carbocycles. The van der Waals surface area contributed by atoms with Gasteiger partial charge in [0.15, 0.2) is 0 Å². The van der Waals surface area contributed by atoms with Crippen LogP contribution in [0.25, 0.3) is 0 Å². The van der Waals surface area contributed by atoms with Gasteiger partial charge in [-0.15, -0.1) is 0 Å². The lowest BCUT2D eigenvalue weighted by atomic mass is 9.96. The van der Waals surface area contributed by atoms with E-state index in [9.17, 15) is 4.79 Å². The van der Waals surface area contributed by atoms with Crippen LogP contribution in [0.3, 0.4) is 0 Å². The summed E-state index contributed by atoms with van der Waals surface area (Å²) in [5, 5.41) is 0. The van der Waals surface area contributed by atoms with Crippen LogP contribution >= 0.6 is 0 Å². The molecule has 4 heteroatoms. The first-order valence-electron chi connectivity index (χ1n) is 9.05. The van der Waals surface area contributed by atoms with Gasteiger partial charge in [-0.25, -0.2) is 0 Å². The van der Waals surface area contributed by atoms with Crippen LogP contribution in [0.2, 0.25) is 0 Å². The van der Waals surface area contributed by atoms with Gasteiger partial charge in [-0.1, -0.05) is 36.4 Å². The first kappa shape index (κ1) is 16.2. The van der Waals surface area contributed by atoms with Crippen LogP contribution in [0.4, 0.5) is 5.69 Å². The van der Waals surface area contributed by atoms with Gasteiger partial charge in [0.2, 0.25) is 5.91 Å². The van der Waals surface area contributed by atoms with Crippen LogP contribution in [0, 0.1) is 0 Å². The van der Waals surface area contributed by atoms with Crippen molar-refractivity contribution in [3.63, 3.8) is 0 Å². The molecule has 0 N–H and O–H groups in total. The highest BCUT2D eigenvalue weighted by atomic mass is 16.5. The van der Waals surface area contributed by atoms with E-state index in [0.29, 0.717) is 13.2 Å². The summed E-state index contributed by atoms with van der Waals surface area (Å²) in [4.78, 5) is 17.3. The number of amides is 1. The van der Waals surface area contributed by atoms with Crippen LogP contribution in [0.15, 0.2) is 48.5 Å². The summed E-state index contributed by atoms with van der Waals surface area (Å²) >= 11 is 0. The van der Waals surface area contributed by atoms with Gasteiger partial charge in [0, 0.05) is 30.4 Å². The maximum atomic E-state index is 13.1. The van der Waals surface area contributed by atoms with Crippen molar-refractivity contribution in [2.24, 2.45) is 0 Å². The Balaban J connectivity index is 1.52. The molecule has 4 nitrogen and oxygen atoms in total. The van der Waals surface area contributed by atoms with E-state index in [-0.39, 0.29) is 11.9 Å². The first-order valence-corrected chi connectivity index (χ1v) is 9.05. The third kappa shape index (κ3) is 3.27. The number of para-hydroxylation sites is 2. The van der Waals surface area contributed by atoms with E-state index in [2.05, 4.69) is 36.1 Å². The van der Waals surface area contributed by atoms with E-state index >= 15 is 0 Å². The molecular weight excluding hydrogens is 312 g/mol. The zero-order valence-corrected chi connectivity index (χ0v) is 14.6. The molecule has 0 saturated heterocycles. The predicted octanol–water partition coefficient (Wildman–Crippen LogP) is 3.25. The van der Waals surface area contributed by atoms with Gasteiger partial charge in [-0.05, 0) is 37.5 Å². The molecule has 0 spiro atoms. The third-order valence-electron chi connectivity index (χ3n) is 5.18. The molecule has 2 aliphatic rings. The average Bonchev–Trinajstić information content (AvgIpc) is 2.83. The molecule has 1 unspecified atom stereocenters. The quantitative estimate of drug-likeness (QED) is 0.844. The zero-order valence-electron chi connectivity index (χ0n) is 14.6. The van der Waals surface area contributed by atoms with E-state index in [1.807, 2.05) is 29.2 Å². The van der Waals surface area contributed by atoms with E-state index in [0.717, 1.165) is 42.9 Å². The van der Waals surface area contributed by atoms with Gasteiger partial charge in [-0.3, -0.25) is 9.69 Å². The maximum absolute atomic E-state index is 13.1. The third-order valence-corrected chi connectivity index (χ3v) is 5.18. The number of aryl methyl sites for hydroxylation is 1. The predicted molar refractivity (Wildman–Crippen MR) is 98.9 cm³/mol. The van der Waals surface area contributed by atoms with E-state index in [1.54, 1.807) is 0 Å². The van der Waals surface area contributed by atoms with Crippen molar-refractivity contribution in [1.29, 1.82) is 0 Å². The van der Waals surface area contributed by atoms with Gasteiger partial charge in [-0.2, -0.15) is 0 Å². The number of ether oxygens (including phenoxy) is 1. The number of carbonyl (C=O) groups excluding carboxylic acids is 1. The van der Waals surface area contributed by atoms with Crippen LogP contribution in [-0.4, -0.2) is 36.5 Å². The van der Waals surface area contributed by atoms with Gasteiger partial charge in [0.25, 0.3) is 0 Å².